The second kappa shape index (κ2) is 12.5. The Morgan fingerprint density at radius 3 is 2.62 bits per heavy atom. The maximum atomic E-state index is 15.5. The molecule has 1 saturated heterocycles. The molecule has 5 rings (SSSR count). The first kappa shape index (κ1) is 29.8. The molecule has 4 heterocycles. The van der Waals surface area contributed by atoms with Crippen molar-refractivity contribution in [3.05, 3.63) is 70.3 Å². The number of hydrogen-bond donors (Lipinski definition) is 0. The Morgan fingerprint density at radius 2 is 1.93 bits per heavy atom. The summed E-state index contributed by atoms with van der Waals surface area (Å²) in [4.78, 5) is 44.6. The summed E-state index contributed by atoms with van der Waals surface area (Å²) < 4.78 is 59.9. The largest absolute Gasteiger partial charge is 0.456 e. The normalized spacial score (nSPS) is 19.5. The van der Waals surface area contributed by atoms with Gasteiger partial charge in [-0.15, -0.1) is 5.10 Å². The van der Waals surface area contributed by atoms with Crippen LogP contribution in [0.5, 0.6) is 0 Å². The third kappa shape index (κ3) is 6.44. The minimum absolute atomic E-state index is 0.0623. The van der Waals surface area contributed by atoms with E-state index in [1.165, 1.54) is 34.1 Å². The van der Waals surface area contributed by atoms with Gasteiger partial charge in [0.1, 0.15) is 18.1 Å². The Kier molecular flexibility index (Phi) is 8.27. The molecule has 0 spiro atoms. The standard InChI is InChI=1S/C30H33ClF2N6O5Si/c1-30(2,3)45(4,5)44-14-21-27(32)19(10-11-34-21)24(40)15-43-29(42)23-8-6-18-12-17(13-25(41)39(18)23)26-22(38-16-35-36-37-38)9-7-20(31)28(26)33/h7,9-11,13,16,18,23H,6,8,12,14-15H2,1-5H3/t18?,23-/m0/s1/i14D2. The highest BCUT2D eigenvalue weighted by atomic mass is 35.5. The summed E-state index contributed by atoms with van der Waals surface area (Å²) in [6, 6.07) is 2.47. The highest BCUT2D eigenvalue weighted by molar-refractivity contribution is 6.74. The zero-order chi connectivity index (χ0) is 34.5. The predicted octanol–water partition coefficient (Wildman–Crippen LogP) is 5.08. The van der Waals surface area contributed by atoms with E-state index in [-0.39, 0.29) is 34.2 Å². The first-order valence-corrected chi connectivity index (χ1v) is 17.5. The van der Waals surface area contributed by atoms with Gasteiger partial charge in [-0.25, -0.2) is 13.6 Å². The van der Waals surface area contributed by atoms with Crippen LogP contribution in [0.4, 0.5) is 8.78 Å². The molecule has 2 aliphatic heterocycles. The van der Waals surface area contributed by atoms with Crippen molar-refractivity contribution in [1.82, 2.24) is 30.1 Å². The molecule has 0 radical (unpaired) electrons. The second-order valence-electron chi connectivity index (χ2n) is 12.4. The molecule has 1 amide bonds. The molecule has 1 aromatic carbocycles. The van der Waals surface area contributed by atoms with E-state index in [0.29, 0.717) is 12.0 Å². The van der Waals surface area contributed by atoms with Gasteiger partial charge in [-0.3, -0.25) is 14.6 Å². The van der Waals surface area contributed by atoms with E-state index in [2.05, 4.69) is 20.5 Å². The number of halogens is 3. The van der Waals surface area contributed by atoms with Gasteiger partial charge in [-0.2, -0.15) is 4.68 Å². The van der Waals surface area contributed by atoms with Crippen LogP contribution in [0, 0.1) is 11.6 Å². The van der Waals surface area contributed by atoms with E-state index < -0.39 is 74.1 Å². The molecule has 0 bridgehead atoms. The van der Waals surface area contributed by atoms with Crippen LogP contribution >= 0.6 is 11.6 Å². The monoisotopic (exact) mass is 660 g/mol. The summed E-state index contributed by atoms with van der Waals surface area (Å²) in [6.07, 6.45) is 4.41. The van der Waals surface area contributed by atoms with Crippen molar-refractivity contribution < 1.29 is 35.1 Å². The number of fused-ring (bicyclic) bond motifs is 1. The lowest BCUT2D eigenvalue weighted by Gasteiger charge is -2.36. The van der Waals surface area contributed by atoms with Crippen LogP contribution < -0.4 is 0 Å². The molecule has 2 aliphatic rings. The summed E-state index contributed by atoms with van der Waals surface area (Å²) in [5, 5.41) is 10.5. The molecule has 2 atom stereocenters. The Bertz CT molecular complexity index is 1770. The number of Topliss-reactive ketones (excluding diaryl/α,β-unsaturated/α-hetero) is 1. The molecule has 11 nitrogen and oxygen atoms in total. The van der Waals surface area contributed by atoms with Crippen molar-refractivity contribution in [2.45, 2.75) is 76.8 Å². The summed E-state index contributed by atoms with van der Waals surface area (Å²) in [5.74, 6) is -4.29. The summed E-state index contributed by atoms with van der Waals surface area (Å²) >= 11 is 6.07. The van der Waals surface area contributed by atoms with E-state index in [9.17, 15) is 14.4 Å². The van der Waals surface area contributed by atoms with Gasteiger partial charge in [0.25, 0.3) is 0 Å². The van der Waals surface area contributed by atoms with Gasteiger partial charge in [0, 0.05) is 23.9 Å². The van der Waals surface area contributed by atoms with Crippen molar-refractivity contribution in [2.75, 3.05) is 6.61 Å². The number of carbonyl (C=O) groups excluding carboxylic acids is 3. The number of nitrogens with zero attached hydrogens (tertiary/aromatic N) is 6. The van der Waals surface area contributed by atoms with E-state index in [0.717, 1.165) is 12.3 Å². The van der Waals surface area contributed by atoms with Crippen LogP contribution in [0.1, 0.15) is 64.4 Å². The lowest BCUT2D eigenvalue weighted by Crippen LogP contribution is -2.47. The van der Waals surface area contributed by atoms with Gasteiger partial charge in [-0.1, -0.05) is 32.4 Å². The molecule has 1 fully saturated rings. The van der Waals surface area contributed by atoms with E-state index >= 15 is 8.78 Å². The summed E-state index contributed by atoms with van der Waals surface area (Å²) in [6.45, 7) is 5.84. The molecule has 238 valence electrons. The maximum Gasteiger partial charge on any atom is 0.329 e. The quantitative estimate of drug-likeness (QED) is 0.175. The summed E-state index contributed by atoms with van der Waals surface area (Å²) in [7, 11) is -2.71. The Morgan fingerprint density at radius 1 is 1.18 bits per heavy atom. The van der Waals surface area contributed by atoms with Gasteiger partial charge < -0.3 is 14.1 Å². The molecule has 0 N–H and O–H groups in total. The number of esters is 1. The third-order valence-electron chi connectivity index (χ3n) is 8.52. The fourth-order valence-corrected chi connectivity index (χ4v) is 5.85. The van der Waals surface area contributed by atoms with Crippen molar-refractivity contribution in [1.29, 1.82) is 0 Å². The lowest BCUT2D eigenvalue weighted by molar-refractivity contribution is -0.152. The second-order valence-corrected chi connectivity index (χ2v) is 17.5. The average Bonchev–Trinajstić information content (AvgIpc) is 3.67. The van der Waals surface area contributed by atoms with E-state index in [1.54, 1.807) is 13.1 Å². The lowest BCUT2D eigenvalue weighted by atomic mass is 9.92. The van der Waals surface area contributed by atoms with Gasteiger partial charge in [0.2, 0.25) is 11.7 Å². The molecule has 45 heavy (non-hydrogen) atoms. The maximum absolute atomic E-state index is 15.5. The first-order chi connectivity index (χ1) is 21.9. The van der Waals surface area contributed by atoms with Gasteiger partial charge in [0.05, 0.1) is 25.6 Å². The first-order valence-electron chi connectivity index (χ1n) is 15.2. The van der Waals surface area contributed by atoms with Crippen molar-refractivity contribution >= 4 is 43.2 Å². The minimum atomic E-state index is -2.71. The highest BCUT2D eigenvalue weighted by Gasteiger charge is 2.44. The van der Waals surface area contributed by atoms with E-state index in [4.69, 9.17) is 23.5 Å². The number of tetrazole rings is 1. The minimum Gasteiger partial charge on any atom is -0.456 e. The number of aromatic nitrogens is 5. The SMILES string of the molecule is [2H]C([2H])(O[Si](C)(C)C(C)(C)C)c1nccc(C(=O)COC(=O)[C@@H]2CCC3CC(c4c(-n5cnnn5)ccc(Cl)c4F)=CC(=O)N32)c1F. The number of rotatable bonds is 9. The molecular weight excluding hydrogens is 626 g/mol. The molecule has 3 aromatic rings. The average molecular weight is 661 g/mol. The number of amides is 1. The Balaban J connectivity index is 1.30. The Hall–Kier alpha value is -3.88. The number of ether oxygens (including phenoxy) is 1. The van der Waals surface area contributed by atoms with Crippen LogP contribution in [0.25, 0.3) is 11.3 Å². The highest BCUT2D eigenvalue weighted by Crippen LogP contribution is 2.40. The molecule has 15 heteroatoms. The Labute approximate surface area is 267 Å². The number of ketones is 1. The van der Waals surface area contributed by atoms with Crippen molar-refractivity contribution in [3.63, 3.8) is 0 Å². The van der Waals surface area contributed by atoms with Crippen LogP contribution in [0.3, 0.4) is 0 Å². The number of carbonyl (C=O) groups is 3. The topological polar surface area (TPSA) is 129 Å². The van der Waals surface area contributed by atoms with Crippen LogP contribution in [0.15, 0.2) is 36.8 Å². The van der Waals surface area contributed by atoms with Crippen molar-refractivity contribution in [2.24, 2.45) is 0 Å². The molecule has 0 aliphatic carbocycles. The number of hydrogen-bond acceptors (Lipinski definition) is 9. The predicted molar refractivity (Wildman–Crippen MR) is 162 cm³/mol. The molecular formula is C30H33ClF2N6O5Si. The fraction of sp³-hybridized carbons (Fsp3) is 0.433. The molecule has 2 aromatic heterocycles. The number of benzene rings is 1. The molecule has 1 unspecified atom stereocenters. The zero-order valence-electron chi connectivity index (χ0n) is 27.3. The van der Waals surface area contributed by atoms with Crippen LogP contribution in [0.2, 0.25) is 23.2 Å². The van der Waals surface area contributed by atoms with Crippen molar-refractivity contribution in [3.8, 4) is 5.69 Å². The van der Waals surface area contributed by atoms with Gasteiger partial charge in [0.15, 0.2) is 26.6 Å². The summed E-state index contributed by atoms with van der Waals surface area (Å²) in [5.41, 5.74) is -0.500. The van der Waals surface area contributed by atoms with Crippen LogP contribution in [-0.4, -0.2) is 74.8 Å². The zero-order valence-corrected chi connectivity index (χ0v) is 27.1. The molecule has 0 saturated carbocycles. The smallest absolute Gasteiger partial charge is 0.329 e. The number of pyridine rings is 1. The van der Waals surface area contributed by atoms with Gasteiger partial charge >= 0.3 is 5.97 Å². The third-order valence-corrected chi connectivity index (χ3v) is 13.0. The van der Waals surface area contributed by atoms with Gasteiger partial charge in [-0.05, 0) is 71.6 Å². The van der Waals surface area contributed by atoms with Crippen LogP contribution in [-0.2, 0) is 25.3 Å². The fourth-order valence-electron chi connectivity index (χ4n) is 5.04. The van der Waals surface area contributed by atoms with E-state index in [1.807, 2.05) is 20.8 Å².